The van der Waals surface area contributed by atoms with Crippen LogP contribution in [-0.4, -0.2) is 79.3 Å². The molecule has 0 aliphatic rings. The normalized spacial score (nSPS) is 11.6. The second-order valence-corrected chi connectivity index (χ2v) is 31.2. The maximum absolute atomic E-state index is 7.12. The molecule has 8 rings (SSSR count). The Hall–Kier alpha value is -7.08. The van der Waals surface area contributed by atoms with Gasteiger partial charge in [-0.1, -0.05) is 262 Å². The van der Waals surface area contributed by atoms with E-state index in [4.69, 9.17) is 56.8 Å². The Kier molecular flexibility index (Phi) is 42.8. The van der Waals surface area contributed by atoms with E-state index in [0.29, 0.717) is 97.2 Å². The lowest BCUT2D eigenvalue weighted by atomic mass is 9.93. The van der Waals surface area contributed by atoms with Gasteiger partial charge in [0.2, 0.25) is 0 Å². The average Bonchev–Trinajstić information content (AvgIpc) is 0.733. The fraction of sp³-hybridized carbons (Fsp3) is 0.636. The van der Waals surface area contributed by atoms with Gasteiger partial charge >= 0.3 is 0 Å². The van der Waals surface area contributed by atoms with Gasteiger partial charge in [0.1, 0.15) is 0 Å². The second kappa shape index (κ2) is 53.1. The van der Waals surface area contributed by atoms with E-state index >= 15 is 0 Å². The van der Waals surface area contributed by atoms with Crippen molar-refractivity contribution in [1.29, 1.82) is 0 Å². The molecule has 0 radical (unpaired) electrons. The number of fused-ring (bicyclic) bond motifs is 12. The third-order valence-corrected chi connectivity index (χ3v) is 21.6. The highest BCUT2D eigenvalue weighted by molar-refractivity contribution is 6.28. The van der Waals surface area contributed by atoms with E-state index in [1.807, 2.05) is 0 Å². The molecule has 12 nitrogen and oxygen atoms in total. The van der Waals surface area contributed by atoms with Crippen molar-refractivity contribution >= 4 is 64.6 Å². The van der Waals surface area contributed by atoms with Gasteiger partial charge in [-0.25, -0.2) is 0 Å². The van der Waals surface area contributed by atoms with E-state index in [1.54, 1.807) is 0 Å². The summed E-state index contributed by atoms with van der Waals surface area (Å²) >= 11 is 0. The van der Waals surface area contributed by atoms with E-state index in [1.165, 1.54) is 89.9 Å². The number of rotatable bonds is 66. The smallest absolute Gasteiger partial charge is 0.161 e. The van der Waals surface area contributed by atoms with E-state index < -0.39 is 0 Å². The molecule has 0 aliphatic carbocycles. The molecule has 12 heteroatoms. The molecule has 0 aromatic heterocycles. The van der Waals surface area contributed by atoms with Crippen molar-refractivity contribution in [3.63, 3.8) is 0 Å². The minimum Gasteiger partial charge on any atom is -0.490 e. The summed E-state index contributed by atoms with van der Waals surface area (Å²) in [6, 6.07) is 26.8. The van der Waals surface area contributed by atoms with Gasteiger partial charge in [0, 0.05) is 6.42 Å². The van der Waals surface area contributed by atoms with Crippen molar-refractivity contribution in [3.05, 3.63) is 72.8 Å². The first kappa shape index (κ1) is 89.5. The maximum Gasteiger partial charge on any atom is 0.161 e. The zero-order chi connectivity index (χ0) is 78.3. The van der Waals surface area contributed by atoms with Gasteiger partial charge in [-0.2, -0.15) is 0 Å². The van der Waals surface area contributed by atoms with Gasteiger partial charge in [-0.3, -0.25) is 0 Å². The lowest BCUT2D eigenvalue weighted by molar-refractivity contribution is 0.223. The van der Waals surface area contributed by atoms with Crippen LogP contribution in [0, 0.1) is 0 Å². The van der Waals surface area contributed by atoms with Gasteiger partial charge in [-0.05, 0) is 202 Å². The molecule has 616 valence electrons. The van der Waals surface area contributed by atoms with Crippen LogP contribution >= 0.6 is 0 Å². The fourth-order valence-corrected chi connectivity index (χ4v) is 14.9. The quantitative estimate of drug-likeness (QED) is 0.0267. The summed E-state index contributed by atoms with van der Waals surface area (Å²) in [5.74, 6) is 9.00. The summed E-state index contributed by atoms with van der Waals surface area (Å²) in [5, 5.41) is 12.7. The highest BCUT2D eigenvalue weighted by atomic mass is 16.5. The van der Waals surface area contributed by atoms with E-state index in [0.717, 1.165) is 289 Å². The molecule has 0 heterocycles. The summed E-state index contributed by atoms with van der Waals surface area (Å²) in [6.45, 7) is 29.4. The minimum absolute atomic E-state index is 0.374. The molecular formula is C99H148O12. The summed E-state index contributed by atoms with van der Waals surface area (Å²) in [7, 11) is 0. The minimum atomic E-state index is 0.374. The first-order valence-electron chi connectivity index (χ1n) is 45.4. The summed E-state index contributed by atoms with van der Waals surface area (Å²) in [5.41, 5.74) is 0. The van der Waals surface area contributed by atoms with Crippen molar-refractivity contribution in [2.75, 3.05) is 79.3 Å². The van der Waals surface area contributed by atoms with Crippen LogP contribution in [0.25, 0.3) is 64.6 Å². The van der Waals surface area contributed by atoms with Crippen molar-refractivity contribution < 1.29 is 56.8 Å². The first-order valence-corrected chi connectivity index (χ1v) is 45.4. The number of ether oxygens (including phenoxy) is 12. The number of hydrogen-bond donors (Lipinski definition) is 0. The highest BCUT2D eigenvalue weighted by Gasteiger charge is 2.24. The predicted octanol–water partition coefficient (Wildman–Crippen LogP) is 30.0. The zero-order valence-corrected chi connectivity index (χ0v) is 71.3. The lowest BCUT2D eigenvalue weighted by Crippen LogP contribution is -2.08. The Morgan fingerprint density at radius 1 is 0.117 bits per heavy atom. The lowest BCUT2D eigenvalue weighted by Gasteiger charge is -2.21. The van der Waals surface area contributed by atoms with Crippen LogP contribution in [0.15, 0.2) is 72.8 Å². The van der Waals surface area contributed by atoms with Gasteiger partial charge in [0.25, 0.3) is 0 Å². The van der Waals surface area contributed by atoms with Crippen LogP contribution in [0.3, 0.4) is 0 Å². The first-order chi connectivity index (χ1) is 54.8. The van der Waals surface area contributed by atoms with Crippen molar-refractivity contribution in [1.82, 2.24) is 0 Å². The molecule has 0 atom stereocenters. The van der Waals surface area contributed by atoms with E-state index in [-0.39, 0.29) is 0 Å². The fourth-order valence-electron chi connectivity index (χ4n) is 14.9. The molecule has 8 aromatic rings. The van der Waals surface area contributed by atoms with E-state index in [9.17, 15) is 0 Å². The molecule has 0 amide bonds. The Morgan fingerprint density at radius 2 is 0.207 bits per heavy atom. The van der Waals surface area contributed by atoms with Crippen molar-refractivity contribution in [3.8, 4) is 69.0 Å². The number of unbranched alkanes of at least 4 members (excludes halogenated alkanes) is 30. The summed E-state index contributed by atoms with van der Waals surface area (Å²) in [6.07, 6.45) is 44.8. The molecule has 8 aromatic carbocycles. The summed E-state index contributed by atoms with van der Waals surface area (Å²) in [4.78, 5) is 0. The molecular weight excluding hydrogens is 1380 g/mol. The Bertz CT molecular complexity index is 3560. The predicted molar refractivity (Wildman–Crippen MR) is 470 cm³/mol. The topological polar surface area (TPSA) is 111 Å². The molecule has 0 aliphatic heterocycles. The molecule has 0 unspecified atom stereocenters. The largest absolute Gasteiger partial charge is 0.490 e. The molecule has 0 bridgehead atoms. The molecule has 0 saturated carbocycles. The third kappa shape index (κ3) is 28.8. The SMILES string of the molecule is CCCCCCOc1cc2c3cc(OCCCCCC)c(OCCCCCC)cc3c3cc(OCCCOc4cc5c6cc(OCCCCCC)c(OCCCCCC)cc6c6cc(OCCCCCC)c(OCCCCCC)cc6c5cc4OCCCCCC)c(OCCCCCC)cc3c2cc1OCCCCCC. The van der Waals surface area contributed by atoms with Gasteiger partial charge in [-0.15, -0.1) is 0 Å². The van der Waals surface area contributed by atoms with Crippen LogP contribution in [-0.2, 0) is 0 Å². The van der Waals surface area contributed by atoms with Crippen LogP contribution in [0.2, 0.25) is 0 Å². The number of benzene rings is 8. The highest BCUT2D eigenvalue weighted by Crippen LogP contribution is 2.50. The molecule has 0 N–H and O–H groups in total. The van der Waals surface area contributed by atoms with Crippen molar-refractivity contribution in [2.45, 2.75) is 332 Å². The average molecular weight is 1530 g/mol. The van der Waals surface area contributed by atoms with E-state index in [2.05, 4.69) is 142 Å². The standard InChI is InChI=1S/C99H148O12/c1-11-21-31-41-52-100-88-64-76-78-66-90(102-54-43-33-23-13-3)94(106-58-47-37-27-17-7)70-82(78)86-74-98(96(108-60-49-39-29-19-9)72-84(86)80(76)68-92(88)104-56-45-35-25-15-5)110-62-51-63-111-99-75-87-83-71-95(107-59-48-38-28-18-8)91(103-55-44-34-24-14-4)67-79(83)77-65-89(101-53-42-32-22-12-2)93(105-57-46-36-26-16-6)69-81(77)85(87)73-97(99)109-61-50-40-30-20-10/h64-75H,11-63H2,1-10H3. The molecule has 0 spiro atoms. The Balaban J connectivity index is 1.26. The maximum atomic E-state index is 7.12. The Morgan fingerprint density at radius 3 is 0.297 bits per heavy atom. The van der Waals surface area contributed by atoms with Gasteiger partial charge in [0.05, 0.1) is 79.3 Å². The molecule has 111 heavy (non-hydrogen) atoms. The van der Waals surface area contributed by atoms with Crippen LogP contribution < -0.4 is 56.8 Å². The molecule has 0 fully saturated rings. The van der Waals surface area contributed by atoms with Crippen LogP contribution in [0.4, 0.5) is 0 Å². The summed E-state index contributed by atoms with van der Waals surface area (Å²) < 4.78 is 82.8. The third-order valence-electron chi connectivity index (χ3n) is 21.6. The van der Waals surface area contributed by atoms with Crippen LogP contribution in [0.1, 0.15) is 332 Å². The van der Waals surface area contributed by atoms with Crippen molar-refractivity contribution in [2.24, 2.45) is 0 Å². The van der Waals surface area contributed by atoms with Crippen LogP contribution in [0.5, 0.6) is 69.0 Å². The number of hydrogen-bond acceptors (Lipinski definition) is 12. The monoisotopic (exact) mass is 1530 g/mol. The second-order valence-electron chi connectivity index (χ2n) is 31.2. The molecule has 0 saturated heterocycles. The Labute approximate surface area is 671 Å². The zero-order valence-electron chi connectivity index (χ0n) is 71.3. The van der Waals surface area contributed by atoms with Gasteiger partial charge in [0.15, 0.2) is 69.0 Å². The van der Waals surface area contributed by atoms with Gasteiger partial charge < -0.3 is 56.8 Å².